The lowest BCUT2D eigenvalue weighted by Crippen LogP contribution is -2.19. The monoisotopic (exact) mass is 338 g/mol. The number of hydrogen-bond acceptors (Lipinski definition) is 2. The number of aryl methyl sites for hydroxylation is 2. The lowest BCUT2D eigenvalue weighted by molar-refractivity contribution is 0.0734. The van der Waals surface area contributed by atoms with Gasteiger partial charge in [0.15, 0.2) is 0 Å². The Bertz CT molecular complexity index is 754. The molecule has 2 heteroatoms. The van der Waals surface area contributed by atoms with Crippen LogP contribution in [0, 0.1) is 13.8 Å². The maximum absolute atomic E-state index is 12.7. The molecule has 0 aliphatic carbocycles. The molecule has 25 heavy (non-hydrogen) atoms. The summed E-state index contributed by atoms with van der Waals surface area (Å²) in [5.74, 6) is 0.284. The summed E-state index contributed by atoms with van der Waals surface area (Å²) >= 11 is 0. The van der Waals surface area contributed by atoms with E-state index in [9.17, 15) is 4.79 Å². The van der Waals surface area contributed by atoms with Gasteiger partial charge in [-0.2, -0.15) is 0 Å². The summed E-state index contributed by atoms with van der Waals surface area (Å²) < 4.78 is 5.63. The highest BCUT2D eigenvalue weighted by Gasteiger charge is 2.23. The first-order valence-electron chi connectivity index (χ1n) is 8.83. The third kappa shape index (κ3) is 4.72. The molecule has 0 atom stereocenters. The molecule has 2 rings (SSSR count). The van der Waals surface area contributed by atoms with Gasteiger partial charge in [-0.25, -0.2) is 4.79 Å². The SMILES string of the molecule is Cc1ccc(OC(=O)c2cc(C(C)(C)C)cc(C(C)(C)C)c2)cc1C. The van der Waals surface area contributed by atoms with Gasteiger partial charge < -0.3 is 4.74 Å². The van der Waals surface area contributed by atoms with E-state index in [2.05, 4.69) is 47.6 Å². The van der Waals surface area contributed by atoms with Crippen LogP contribution in [0.2, 0.25) is 0 Å². The standard InChI is InChI=1S/C23H30O2/c1-15-9-10-20(11-16(15)2)25-21(24)17-12-18(22(3,4)5)14-19(13-17)23(6,7)8/h9-14H,1-8H3. The molecule has 0 N–H and O–H groups in total. The molecule has 0 unspecified atom stereocenters. The van der Waals surface area contributed by atoms with Crippen LogP contribution in [0.4, 0.5) is 0 Å². The Morgan fingerprint density at radius 2 is 1.28 bits per heavy atom. The van der Waals surface area contributed by atoms with Crippen molar-refractivity contribution in [3.8, 4) is 5.75 Å². The van der Waals surface area contributed by atoms with E-state index in [-0.39, 0.29) is 16.8 Å². The Morgan fingerprint density at radius 1 is 0.760 bits per heavy atom. The van der Waals surface area contributed by atoms with Crippen molar-refractivity contribution < 1.29 is 9.53 Å². The van der Waals surface area contributed by atoms with Crippen molar-refractivity contribution in [2.75, 3.05) is 0 Å². The average Bonchev–Trinajstić information content (AvgIpc) is 2.48. The fourth-order valence-corrected chi connectivity index (χ4v) is 2.55. The Hall–Kier alpha value is -2.09. The van der Waals surface area contributed by atoms with E-state index in [4.69, 9.17) is 4.74 Å². The summed E-state index contributed by atoms with van der Waals surface area (Å²) in [7, 11) is 0. The molecule has 2 aromatic carbocycles. The Kier molecular flexibility index (Phi) is 5.13. The molecule has 0 bridgehead atoms. The van der Waals surface area contributed by atoms with Gasteiger partial charge in [0.2, 0.25) is 0 Å². The van der Waals surface area contributed by atoms with Gasteiger partial charge in [0.05, 0.1) is 5.56 Å². The van der Waals surface area contributed by atoms with Crippen molar-refractivity contribution in [1.82, 2.24) is 0 Å². The van der Waals surface area contributed by atoms with Gasteiger partial charge in [0.25, 0.3) is 0 Å². The molecule has 2 nitrogen and oxygen atoms in total. The van der Waals surface area contributed by atoms with Gasteiger partial charge in [-0.1, -0.05) is 53.7 Å². The largest absolute Gasteiger partial charge is 0.423 e. The summed E-state index contributed by atoms with van der Waals surface area (Å²) in [6, 6.07) is 11.8. The maximum Gasteiger partial charge on any atom is 0.343 e. The summed E-state index contributed by atoms with van der Waals surface area (Å²) in [5.41, 5.74) is 5.14. The van der Waals surface area contributed by atoms with Gasteiger partial charge in [0, 0.05) is 0 Å². The zero-order chi connectivity index (χ0) is 19.0. The summed E-state index contributed by atoms with van der Waals surface area (Å²) in [5, 5.41) is 0. The number of ether oxygens (including phenoxy) is 1. The fourth-order valence-electron chi connectivity index (χ4n) is 2.55. The van der Waals surface area contributed by atoms with Gasteiger partial charge >= 0.3 is 5.97 Å². The van der Waals surface area contributed by atoms with Gasteiger partial charge in [-0.15, -0.1) is 0 Å². The highest BCUT2D eigenvalue weighted by molar-refractivity contribution is 5.91. The molecule has 0 radical (unpaired) electrons. The van der Waals surface area contributed by atoms with Gasteiger partial charge in [-0.3, -0.25) is 0 Å². The molecule has 0 saturated heterocycles. The number of esters is 1. The molecule has 0 fully saturated rings. The third-order valence-electron chi connectivity index (χ3n) is 4.59. The summed E-state index contributed by atoms with van der Waals surface area (Å²) in [4.78, 5) is 12.7. The minimum Gasteiger partial charge on any atom is -0.423 e. The highest BCUT2D eigenvalue weighted by Crippen LogP contribution is 2.31. The van der Waals surface area contributed by atoms with Crippen LogP contribution >= 0.6 is 0 Å². The second kappa shape index (κ2) is 6.67. The van der Waals surface area contributed by atoms with Crippen LogP contribution in [0.1, 0.15) is 74.2 Å². The Morgan fingerprint density at radius 3 is 1.72 bits per heavy atom. The molecule has 0 saturated carbocycles. The second-order valence-electron chi connectivity index (χ2n) is 8.93. The first-order chi connectivity index (χ1) is 11.4. The van der Waals surface area contributed by atoms with E-state index in [1.165, 1.54) is 5.56 Å². The normalized spacial score (nSPS) is 12.2. The van der Waals surface area contributed by atoms with Crippen molar-refractivity contribution in [3.63, 3.8) is 0 Å². The highest BCUT2D eigenvalue weighted by atomic mass is 16.5. The molecular weight excluding hydrogens is 308 g/mol. The van der Waals surface area contributed by atoms with E-state index >= 15 is 0 Å². The predicted octanol–water partition coefficient (Wildman–Crippen LogP) is 6.12. The number of rotatable bonds is 2. The molecule has 0 amide bonds. The van der Waals surface area contributed by atoms with E-state index in [1.807, 2.05) is 44.2 Å². The zero-order valence-corrected chi connectivity index (χ0v) is 16.8. The van der Waals surface area contributed by atoms with Crippen LogP contribution in [-0.4, -0.2) is 5.97 Å². The third-order valence-corrected chi connectivity index (χ3v) is 4.59. The Labute approximate surface area is 152 Å². The molecule has 0 aliphatic heterocycles. The average molecular weight is 338 g/mol. The number of benzene rings is 2. The van der Waals surface area contributed by atoms with Crippen LogP contribution in [0.5, 0.6) is 5.75 Å². The molecule has 0 aromatic heterocycles. The van der Waals surface area contributed by atoms with Crippen molar-refractivity contribution in [2.24, 2.45) is 0 Å². The van der Waals surface area contributed by atoms with Crippen LogP contribution in [0.25, 0.3) is 0 Å². The first kappa shape index (κ1) is 19.2. The van der Waals surface area contributed by atoms with Crippen molar-refractivity contribution in [3.05, 3.63) is 64.2 Å². The minimum atomic E-state index is -0.306. The minimum absolute atomic E-state index is 0.0310. The van der Waals surface area contributed by atoms with E-state index in [0.29, 0.717) is 11.3 Å². The van der Waals surface area contributed by atoms with Crippen LogP contribution < -0.4 is 4.74 Å². The summed E-state index contributed by atoms with van der Waals surface area (Å²) in [6.45, 7) is 17.0. The Balaban J connectivity index is 2.42. The summed E-state index contributed by atoms with van der Waals surface area (Å²) in [6.07, 6.45) is 0. The zero-order valence-electron chi connectivity index (χ0n) is 16.8. The van der Waals surface area contributed by atoms with Crippen LogP contribution in [-0.2, 0) is 10.8 Å². The number of carbonyl (C=O) groups is 1. The molecule has 0 heterocycles. The van der Waals surface area contributed by atoms with Crippen LogP contribution in [0.15, 0.2) is 36.4 Å². The molecule has 0 spiro atoms. The van der Waals surface area contributed by atoms with Gasteiger partial charge in [0.1, 0.15) is 5.75 Å². The van der Waals surface area contributed by atoms with E-state index < -0.39 is 0 Å². The fraction of sp³-hybridized carbons (Fsp3) is 0.435. The maximum atomic E-state index is 12.7. The molecule has 2 aromatic rings. The van der Waals surface area contributed by atoms with Crippen molar-refractivity contribution in [1.29, 1.82) is 0 Å². The van der Waals surface area contributed by atoms with E-state index in [1.54, 1.807) is 0 Å². The van der Waals surface area contributed by atoms with E-state index in [0.717, 1.165) is 16.7 Å². The van der Waals surface area contributed by atoms with Crippen molar-refractivity contribution >= 4 is 5.97 Å². The molecule has 134 valence electrons. The lowest BCUT2D eigenvalue weighted by atomic mass is 9.79. The second-order valence-corrected chi connectivity index (χ2v) is 8.93. The van der Waals surface area contributed by atoms with Crippen molar-refractivity contribution in [2.45, 2.75) is 66.2 Å². The number of hydrogen-bond donors (Lipinski definition) is 0. The van der Waals surface area contributed by atoms with Crippen LogP contribution in [0.3, 0.4) is 0 Å². The smallest absolute Gasteiger partial charge is 0.343 e. The van der Waals surface area contributed by atoms with Gasteiger partial charge in [-0.05, 0) is 71.2 Å². The predicted molar refractivity (Wildman–Crippen MR) is 105 cm³/mol. The number of carbonyl (C=O) groups excluding carboxylic acids is 1. The topological polar surface area (TPSA) is 26.3 Å². The quantitative estimate of drug-likeness (QED) is 0.487. The molecule has 0 aliphatic rings. The first-order valence-corrected chi connectivity index (χ1v) is 8.83. The molecular formula is C23H30O2. The lowest BCUT2D eigenvalue weighted by Gasteiger charge is -2.25.